The van der Waals surface area contributed by atoms with Gasteiger partial charge in [0.25, 0.3) is 0 Å². The van der Waals surface area contributed by atoms with Gasteiger partial charge in [0.1, 0.15) is 0 Å². The third kappa shape index (κ3) is 3.31. The SMILES string of the molecule is CC(O)(CNC(=O)CN)C(=O)O. The molecule has 12 heavy (non-hydrogen) atoms. The second-order valence-corrected chi connectivity index (χ2v) is 2.56. The minimum Gasteiger partial charge on any atom is -0.479 e. The van der Waals surface area contributed by atoms with Crippen molar-refractivity contribution in [2.24, 2.45) is 5.73 Å². The third-order valence-corrected chi connectivity index (χ3v) is 1.28. The van der Waals surface area contributed by atoms with Gasteiger partial charge in [0.05, 0.1) is 13.1 Å². The number of aliphatic carboxylic acids is 1. The van der Waals surface area contributed by atoms with Gasteiger partial charge < -0.3 is 21.3 Å². The van der Waals surface area contributed by atoms with Crippen LogP contribution in [-0.4, -0.2) is 40.8 Å². The molecule has 0 aromatic carbocycles. The smallest absolute Gasteiger partial charge is 0.337 e. The second kappa shape index (κ2) is 4.03. The van der Waals surface area contributed by atoms with E-state index in [4.69, 9.17) is 15.9 Å². The van der Waals surface area contributed by atoms with Crippen LogP contribution >= 0.6 is 0 Å². The van der Waals surface area contributed by atoms with Gasteiger partial charge >= 0.3 is 5.97 Å². The molecule has 0 aromatic rings. The molecule has 0 aliphatic carbocycles. The molecule has 0 aliphatic heterocycles. The summed E-state index contributed by atoms with van der Waals surface area (Å²) in [5.74, 6) is -1.89. The largest absolute Gasteiger partial charge is 0.479 e. The number of carbonyl (C=O) groups excluding carboxylic acids is 1. The predicted octanol–water partition coefficient (Wildman–Crippen LogP) is -2.10. The quantitative estimate of drug-likeness (QED) is 0.392. The van der Waals surface area contributed by atoms with Crippen LogP contribution in [0.5, 0.6) is 0 Å². The molecule has 0 saturated carbocycles. The number of hydrogen-bond acceptors (Lipinski definition) is 4. The van der Waals surface area contributed by atoms with Crippen LogP contribution in [-0.2, 0) is 9.59 Å². The number of hydrogen-bond donors (Lipinski definition) is 4. The molecule has 0 aromatic heterocycles. The van der Waals surface area contributed by atoms with Crippen molar-refractivity contribution in [3.05, 3.63) is 0 Å². The highest BCUT2D eigenvalue weighted by Crippen LogP contribution is 1.99. The highest BCUT2D eigenvalue weighted by atomic mass is 16.4. The van der Waals surface area contributed by atoms with Crippen molar-refractivity contribution < 1.29 is 19.8 Å². The molecule has 1 atom stereocenters. The minimum atomic E-state index is -1.94. The number of carboxylic acids is 1. The standard InChI is InChI=1S/C6H12N2O4/c1-6(12,5(10)11)3-8-4(9)2-7/h12H,2-3,7H2,1H3,(H,8,9)(H,10,11). The van der Waals surface area contributed by atoms with E-state index in [9.17, 15) is 9.59 Å². The molecule has 0 rings (SSSR count). The van der Waals surface area contributed by atoms with E-state index in [2.05, 4.69) is 5.32 Å². The summed E-state index contributed by atoms with van der Waals surface area (Å²) in [7, 11) is 0. The van der Waals surface area contributed by atoms with Crippen LogP contribution in [0.25, 0.3) is 0 Å². The Bertz CT molecular complexity index is 190. The van der Waals surface area contributed by atoms with Crippen molar-refractivity contribution in [1.29, 1.82) is 0 Å². The summed E-state index contributed by atoms with van der Waals surface area (Å²) < 4.78 is 0. The van der Waals surface area contributed by atoms with Gasteiger partial charge in [-0.15, -0.1) is 0 Å². The summed E-state index contributed by atoms with van der Waals surface area (Å²) in [5, 5.41) is 19.6. The van der Waals surface area contributed by atoms with Crippen molar-refractivity contribution in [3.63, 3.8) is 0 Å². The number of nitrogens with one attached hydrogen (secondary N) is 1. The first-order chi connectivity index (χ1) is 5.40. The first-order valence-corrected chi connectivity index (χ1v) is 3.32. The number of amides is 1. The summed E-state index contributed by atoms with van der Waals surface area (Å²) >= 11 is 0. The maximum atomic E-state index is 10.5. The highest BCUT2D eigenvalue weighted by Gasteiger charge is 2.29. The molecule has 0 radical (unpaired) electrons. The van der Waals surface area contributed by atoms with Crippen molar-refractivity contribution >= 4 is 11.9 Å². The normalized spacial score (nSPS) is 14.9. The summed E-state index contributed by atoms with van der Waals surface area (Å²) in [4.78, 5) is 20.8. The Morgan fingerprint density at radius 3 is 2.42 bits per heavy atom. The van der Waals surface area contributed by atoms with Gasteiger partial charge in [-0.25, -0.2) is 4.79 Å². The van der Waals surface area contributed by atoms with Crippen molar-refractivity contribution in [1.82, 2.24) is 5.32 Å². The minimum absolute atomic E-state index is 0.226. The van der Waals surface area contributed by atoms with Crippen LogP contribution in [0.4, 0.5) is 0 Å². The van der Waals surface area contributed by atoms with Crippen LogP contribution in [0.15, 0.2) is 0 Å². The van der Waals surface area contributed by atoms with Gasteiger partial charge in [-0.3, -0.25) is 4.79 Å². The molecule has 0 saturated heterocycles. The molecule has 0 bridgehead atoms. The molecule has 1 amide bonds. The average Bonchev–Trinajstić information content (AvgIpc) is 2.00. The molecule has 6 nitrogen and oxygen atoms in total. The molecule has 0 heterocycles. The van der Waals surface area contributed by atoms with Crippen LogP contribution in [0.3, 0.4) is 0 Å². The van der Waals surface area contributed by atoms with Gasteiger partial charge in [-0.2, -0.15) is 0 Å². The molecule has 6 heteroatoms. The highest BCUT2D eigenvalue weighted by molar-refractivity contribution is 5.80. The molecule has 0 spiro atoms. The third-order valence-electron chi connectivity index (χ3n) is 1.28. The van der Waals surface area contributed by atoms with Crippen LogP contribution in [0.1, 0.15) is 6.92 Å². The predicted molar refractivity (Wildman–Crippen MR) is 40.3 cm³/mol. The molecular weight excluding hydrogens is 164 g/mol. The summed E-state index contributed by atoms with van der Waals surface area (Å²) in [6, 6.07) is 0. The number of aliphatic hydroxyl groups is 1. The van der Waals surface area contributed by atoms with Crippen molar-refractivity contribution in [2.45, 2.75) is 12.5 Å². The summed E-state index contributed by atoms with van der Waals surface area (Å²) in [6.07, 6.45) is 0. The zero-order valence-electron chi connectivity index (χ0n) is 6.70. The maximum Gasteiger partial charge on any atom is 0.337 e. The van der Waals surface area contributed by atoms with Gasteiger partial charge in [0.2, 0.25) is 5.91 Å². The van der Waals surface area contributed by atoms with Crippen molar-refractivity contribution in [2.75, 3.05) is 13.1 Å². The molecule has 70 valence electrons. The number of nitrogens with two attached hydrogens (primary N) is 1. The lowest BCUT2D eigenvalue weighted by Crippen LogP contribution is -2.47. The van der Waals surface area contributed by atoms with Crippen LogP contribution in [0.2, 0.25) is 0 Å². The summed E-state index contributed by atoms with van der Waals surface area (Å²) in [6.45, 7) is 0.514. The fourth-order valence-corrected chi connectivity index (χ4v) is 0.418. The summed E-state index contributed by atoms with van der Waals surface area (Å²) in [5.41, 5.74) is 3.00. The second-order valence-electron chi connectivity index (χ2n) is 2.56. The average molecular weight is 176 g/mol. The Morgan fingerprint density at radius 1 is 1.58 bits per heavy atom. The van der Waals surface area contributed by atoms with Gasteiger partial charge in [-0.1, -0.05) is 0 Å². The fourth-order valence-electron chi connectivity index (χ4n) is 0.418. The van der Waals surface area contributed by atoms with E-state index in [1.54, 1.807) is 0 Å². The van der Waals surface area contributed by atoms with Crippen molar-refractivity contribution in [3.8, 4) is 0 Å². The zero-order valence-corrected chi connectivity index (χ0v) is 6.70. The van der Waals surface area contributed by atoms with Crippen LogP contribution in [0, 0.1) is 0 Å². The molecule has 5 N–H and O–H groups in total. The van der Waals surface area contributed by atoms with E-state index in [1.807, 2.05) is 0 Å². The fraction of sp³-hybridized carbons (Fsp3) is 0.667. The van der Waals surface area contributed by atoms with E-state index < -0.39 is 17.5 Å². The van der Waals surface area contributed by atoms with Gasteiger partial charge in [0.15, 0.2) is 5.60 Å². The van der Waals surface area contributed by atoms with E-state index in [1.165, 1.54) is 0 Å². The first-order valence-electron chi connectivity index (χ1n) is 3.32. The molecular formula is C6H12N2O4. The first kappa shape index (κ1) is 10.9. The number of carbonyl (C=O) groups is 2. The lowest BCUT2D eigenvalue weighted by Gasteiger charge is -2.17. The lowest BCUT2D eigenvalue weighted by molar-refractivity contribution is -0.156. The lowest BCUT2D eigenvalue weighted by atomic mass is 10.1. The van der Waals surface area contributed by atoms with E-state index >= 15 is 0 Å². The topological polar surface area (TPSA) is 113 Å². The Labute approximate surface area is 69.4 Å². The maximum absolute atomic E-state index is 10.5. The van der Waals surface area contributed by atoms with E-state index in [-0.39, 0.29) is 13.1 Å². The molecule has 0 fully saturated rings. The molecule has 0 aliphatic rings. The Morgan fingerprint density at radius 2 is 2.08 bits per heavy atom. The van der Waals surface area contributed by atoms with Crippen LogP contribution < -0.4 is 11.1 Å². The molecule has 1 unspecified atom stereocenters. The Balaban J connectivity index is 3.92. The zero-order chi connectivity index (χ0) is 9.78. The van der Waals surface area contributed by atoms with Gasteiger partial charge in [-0.05, 0) is 6.92 Å². The number of rotatable bonds is 4. The monoisotopic (exact) mass is 176 g/mol. The van der Waals surface area contributed by atoms with Gasteiger partial charge in [0, 0.05) is 0 Å². The Kier molecular flexibility index (Phi) is 3.65. The number of carboxylic acid groups (broad SMARTS) is 1. The van der Waals surface area contributed by atoms with E-state index in [0.29, 0.717) is 0 Å². The Hall–Kier alpha value is -1.14. The van der Waals surface area contributed by atoms with E-state index in [0.717, 1.165) is 6.92 Å².